The molecule has 6 nitrogen and oxygen atoms in total. The molecule has 27 heavy (non-hydrogen) atoms. The lowest BCUT2D eigenvalue weighted by molar-refractivity contribution is -0.115. The summed E-state index contributed by atoms with van der Waals surface area (Å²) in [4.78, 5) is 16.7. The third kappa shape index (κ3) is 4.47. The molecule has 6 heteroatoms. The topological polar surface area (TPSA) is 69.1 Å². The summed E-state index contributed by atoms with van der Waals surface area (Å²) in [5.41, 5.74) is 2.29. The minimum atomic E-state index is -0.211. The minimum absolute atomic E-state index is 0.211. The molecule has 0 atom stereocenters. The van der Waals surface area contributed by atoms with E-state index in [4.69, 9.17) is 14.2 Å². The number of benzene rings is 2. The number of nitrogens with zero attached hydrogens (tertiary/aromatic N) is 1. The van der Waals surface area contributed by atoms with Gasteiger partial charge in [0.25, 0.3) is 5.91 Å². The van der Waals surface area contributed by atoms with Gasteiger partial charge in [0, 0.05) is 18.1 Å². The Kier molecular flexibility index (Phi) is 5.76. The van der Waals surface area contributed by atoms with Crippen molar-refractivity contribution in [2.45, 2.75) is 12.8 Å². The summed E-state index contributed by atoms with van der Waals surface area (Å²) in [6.07, 6.45) is 3.14. The molecule has 1 N–H and O–H groups in total. The predicted octanol–water partition coefficient (Wildman–Crippen LogP) is 3.21. The van der Waals surface area contributed by atoms with Gasteiger partial charge >= 0.3 is 0 Å². The number of amides is 1. The van der Waals surface area contributed by atoms with Crippen LogP contribution in [0.4, 0.5) is 0 Å². The quantitative estimate of drug-likeness (QED) is 0.764. The zero-order chi connectivity index (χ0) is 19.2. The number of carbonyl (C=O) groups is 1. The molecule has 0 saturated heterocycles. The summed E-state index contributed by atoms with van der Waals surface area (Å²) < 4.78 is 15.7. The molecule has 1 aliphatic rings. The van der Waals surface area contributed by atoms with E-state index in [-0.39, 0.29) is 5.91 Å². The van der Waals surface area contributed by atoms with E-state index in [0.29, 0.717) is 29.5 Å². The molecule has 0 unspecified atom stereocenters. The van der Waals surface area contributed by atoms with Crippen LogP contribution in [0.25, 0.3) is 6.08 Å². The van der Waals surface area contributed by atoms with Crippen LogP contribution >= 0.6 is 0 Å². The molecule has 0 radical (unpaired) electrons. The lowest BCUT2D eigenvalue weighted by atomic mass is 10.1. The molecule has 0 aromatic heterocycles. The molecule has 140 valence electrons. The number of aliphatic imine (C=N–C) groups is 1. The maximum atomic E-state index is 12.2. The number of methoxy groups -OCH3 is 3. The van der Waals surface area contributed by atoms with E-state index in [1.165, 1.54) is 0 Å². The van der Waals surface area contributed by atoms with E-state index in [1.807, 2.05) is 36.4 Å². The molecule has 0 bridgehead atoms. The molecular weight excluding hydrogens is 344 g/mol. The van der Waals surface area contributed by atoms with Gasteiger partial charge in [-0.15, -0.1) is 0 Å². The van der Waals surface area contributed by atoms with Gasteiger partial charge in [-0.25, -0.2) is 4.99 Å². The van der Waals surface area contributed by atoms with E-state index in [9.17, 15) is 4.79 Å². The van der Waals surface area contributed by atoms with Crippen molar-refractivity contribution in [2.24, 2.45) is 4.99 Å². The number of carbonyl (C=O) groups excluding carboxylic acids is 1. The fourth-order valence-corrected chi connectivity index (χ4v) is 2.78. The molecule has 0 aliphatic carbocycles. The van der Waals surface area contributed by atoms with Gasteiger partial charge in [0.05, 0.1) is 21.3 Å². The minimum Gasteiger partial charge on any atom is -0.497 e. The Morgan fingerprint density at radius 2 is 1.63 bits per heavy atom. The third-order valence-corrected chi connectivity index (χ3v) is 4.29. The van der Waals surface area contributed by atoms with E-state index < -0.39 is 0 Å². The molecule has 0 spiro atoms. The predicted molar refractivity (Wildman–Crippen MR) is 104 cm³/mol. The summed E-state index contributed by atoms with van der Waals surface area (Å²) in [6, 6.07) is 13.3. The Labute approximate surface area is 158 Å². The van der Waals surface area contributed by atoms with Gasteiger partial charge in [-0.1, -0.05) is 12.1 Å². The highest BCUT2D eigenvalue weighted by Crippen LogP contribution is 2.27. The van der Waals surface area contributed by atoms with E-state index >= 15 is 0 Å². The Bertz CT molecular complexity index is 886. The normalized spacial score (nSPS) is 14.7. The van der Waals surface area contributed by atoms with E-state index in [2.05, 4.69) is 10.3 Å². The highest BCUT2D eigenvalue weighted by atomic mass is 16.5. The van der Waals surface area contributed by atoms with Crippen LogP contribution in [-0.2, 0) is 11.2 Å². The second kappa shape index (κ2) is 8.40. The zero-order valence-electron chi connectivity index (χ0n) is 15.6. The first-order valence-electron chi connectivity index (χ1n) is 8.58. The van der Waals surface area contributed by atoms with E-state index in [0.717, 1.165) is 23.3 Å². The molecule has 1 amide bonds. The van der Waals surface area contributed by atoms with Gasteiger partial charge in [-0.3, -0.25) is 4.79 Å². The standard InChI is InChI=1S/C21H22N2O4/c1-25-16-8-4-14(5-9-16)6-11-20-22-18(21(24)23-20)12-15-7-10-17(26-2)13-19(15)27-3/h4-5,7-10,12-13H,6,11H2,1-3H3,(H,22,23,24)/b18-12+. The van der Waals surface area contributed by atoms with Crippen molar-refractivity contribution in [1.82, 2.24) is 5.32 Å². The van der Waals surface area contributed by atoms with Crippen LogP contribution in [0.15, 0.2) is 53.2 Å². The van der Waals surface area contributed by atoms with Crippen molar-refractivity contribution in [3.8, 4) is 17.2 Å². The molecule has 0 fully saturated rings. The second-order valence-corrected chi connectivity index (χ2v) is 6.00. The monoisotopic (exact) mass is 366 g/mol. The molecule has 1 aliphatic heterocycles. The van der Waals surface area contributed by atoms with Gasteiger partial charge in [0.1, 0.15) is 28.8 Å². The number of hydrogen-bond acceptors (Lipinski definition) is 5. The van der Waals surface area contributed by atoms with Crippen LogP contribution in [0.5, 0.6) is 17.2 Å². The Morgan fingerprint density at radius 3 is 2.30 bits per heavy atom. The van der Waals surface area contributed by atoms with Gasteiger partial charge in [0.2, 0.25) is 0 Å². The lowest BCUT2D eigenvalue weighted by Crippen LogP contribution is -2.24. The first kappa shape index (κ1) is 18.5. The fourth-order valence-electron chi connectivity index (χ4n) is 2.78. The van der Waals surface area contributed by atoms with Crippen molar-refractivity contribution in [2.75, 3.05) is 21.3 Å². The molecule has 0 saturated carbocycles. The van der Waals surface area contributed by atoms with Crippen LogP contribution < -0.4 is 19.5 Å². The number of rotatable bonds is 7. The Balaban J connectivity index is 1.72. The first-order chi connectivity index (χ1) is 13.1. The highest BCUT2D eigenvalue weighted by Gasteiger charge is 2.20. The van der Waals surface area contributed by atoms with Crippen molar-refractivity contribution in [3.63, 3.8) is 0 Å². The fraction of sp³-hybridized carbons (Fsp3) is 0.238. The first-order valence-corrected chi connectivity index (χ1v) is 8.58. The average Bonchev–Trinajstić information content (AvgIpc) is 3.06. The molecular formula is C21H22N2O4. The molecule has 3 rings (SSSR count). The Hall–Kier alpha value is -3.28. The van der Waals surface area contributed by atoms with E-state index in [1.54, 1.807) is 33.5 Å². The summed E-state index contributed by atoms with van der Waals surface area (Å²) >= 11 is 0. The van der Waals surface area contributed by atoms with Crippen LogP contribution in [0.3, 0.4) is 0 Å². The van der Waals surface area contributed by atoms with Gasteiger partial charge < -0.3 is 19.5 Å². The summed E-state index contributed by atoms with van der Waals surface area (Å²) in [5.74, 6) is 2.58. The van der Waals surface area contributed by atoms with Gasteiger partial charge in [-0.2, -0.15) is 0 Å². The van der Waals surface area contributed by atoms with Crippen molar-refractivity contribution in [1.29, 1.82) is 0 Å². The summed E-state index contributed by atoms with van der Waals surface area (Å²) in [7, 11) is 4.81. The summed E-state index contributed by atoms with van der Waals surface area (Å²) in [6.45, 7) is 0. The van der Waals surface area contributed by atoms with Crippen LogP contribution in [0, 0.1) is 0 Å². The maximum absolute atomic E-state index is 12.2. The zero-order valence-corrected chi connectivity index (χ0v) is 15.6. The molecule has 1 heterocycles. The van der Waals surface area contributed by atoms with Gasteiger partial charge in [-0.05, 0) is 42.3 Å². The van der Waals surface area contributed by atoms with Crippen LogP contribution in [0.1, 0.15) is 17.5 Å². The maximum Gasteiger partial charge on any atom is 0.275 e. The molecule has 2 aromatic rings. The van der Waals surface area contributed by atoms with Crippen LogP contribution in [0.2, 0.25) is 0 Å². The second-order valence-electron chi connectivity index (χ2n) is 6.00. The smallest absolute Gasteiger partial charge is 0.275 e. The molecule has 2 aromatic carbocycles. The number of ether oxygens (including phenoxy) is 3. The lowest BCUT2D eigenvalue weighted by Gasteiger charge is -2.07. The average molecular weight is 366 g/mol. The van der Waals surface area contributed by atoms with Crippen molar-refractivity contribution >= 4 is 17.8 Å². The Morgan fingerprint density at radius 1 is 0.926 bits per heavy atom. The van der Waals surface area contributed by atoms with Crippen molar-refractivity contribution < 1.29 is 19.0 Å². The summed E-state index contributed by atoms with van der Waals surface area (Å²) in [5, 5.41) is 2.83. The van der Waals surface area contributed by atoms with Crippen molar-refractivity contribution in [3.05, 3.63) is 59.3 Å². The number of amidine groups is 1. The number of aryl methyl sites for hydroxylation is 1. The number of hydrogen-bond donors (Lipinski definition) is 1. The number of nitrogens with one attached hydrogen (secondary N) is 1. The van der Waals surface area contributed by atoms with Gasteiger partial charge in [0.15, 0.2) is 0 Å². The van der Waals surface area contributed by atoms with Crippen LogP contribution in [-0.4, -0.2) is 33.1 Å². The largest absolute Gasteiger partial charge is 0.497 e. The third-order valence-electron chi connectivity index (χ3n) is 4.29. The SMILES string of the molecule is COc1ccc(CCC2=N/C(=C/c3ccc(OC)cc3OC)C(=O)N2)cc1. The highest BCUT2D eigenvalue weighted by molar-refractivity contribution is 6.14.